The summed E-state index contributed by atoms with van der Waals surface area (Å²) < 4.78 is 0. The lowest BCUT2D eigenvalue weighted by Gasteiger charge is -2.25. The lowest BCUT2D eigenvalue weighted by atomic mass is 10.0. The Morgan fingerprint density at radius 1 is 1.24 bits per heavy atom. The van der Waals surface area contributed by atoms with E-state index in [0.29, 0.717) is 6.54 Å². The van der Waals surface area contributed by atoms with Crippen LogP contribution in [0.2, 0.25) is 0 Å². The summed E-state index contributed by atoms with van der Waals surface area (Å²) in [6.45, 7) is 2.58. The number of likely N-dealkylation sites (N-methyl/N-ethyl adjacent to an activating group) is 1. The summed E-state index contributed by atoms with van der Waals surface area (Å²) in [5, 5.41) is 2.90. The molecule has 0 aliphatic carbocycles. The van der Waals surface area contributed by atoms with Gasteiger partial charge in [-0.2, -0.15) is 0 Å². The van der Waals surface area contributed by atoms with Crippen molar-refractivity contribution in [2.75, 3.05) is 32.1 Å². The highest BCUT2D eigenvalue weighted by molar-refractivity contribution is 8.00. The van der Waals surface area contributed by atoms with Gasteiger partial charge in [0.15, 0.2) is 0 Å². The first-order valence-electron chi connectivity index (χ1n) is 6.76. The lowest BCUT2D eigenvalue weighted by molar-refractivity contribution is -0.118. The fraction of sp³-hybridized carbons (Fsp3) is 0.467. The van der Waals surface area contributed by atoms with Crippen molar-refractivity contribution in [1.29, 1.82) is 0 Å². The van der Waals surface area contributed by atoms with E-state index in [1.54, 1.807) is 0 Å². The molecule has 2 amide bonds. The molecule has 6 heteroatoms. The van der Waals surface area contributed by atoms with Gasteiger partial charge in [-0.25, -0.2) is 0 Å². The van der Waals surface area contributed by atoms with Gasteiger partial charge in [0, 0.05) is 6.54 Å². The number of aryl methyl sites for hydroxylation is 1. The van der Waals surface area contributed by atoms with Crippen molar-refractivity contribution >= 4 is 23.6 Å². The predicted octanol–water partition coefficient (Wildman–Crippen LogP) is 0.932. The minimum Gasteiger partial charge on any atom is -0.369 e. The molecule has 1 unspecified atom stereocenters. The van der Waals surface area contributed by atoms with Crippen molar-refractivity contribution in [3.8, 4) is 0 Å². The second-order valence-corrected chi connectivity index (χ2v) is 6.14. The number of thioether (sulfide) groups is 1. The molecule has 0 aliphatic rings. The van der Waals surface area contributed by atoms with E-state index in [0.717, 1.165) is 5.56 Å². The van der Waals surface area contributed by atoms with Crippen LogP contribution in [0.15, 0.2) is 24.3 Å². The molecule has 116 valence electrons. The number of hydrogen-bond acceptors (Lipinski definition) is 4. The van der Waals surface area contributed by atoms with Gasteiger partial charge in [-0.1, -0.05) is 29.8 Å². The first-order valence-corrected chi connectivity index (χ1v) is 7.91. The topological polar surface area (TPSA) is 75.4 Å². The average Bonchev–Trinajstić information content (AvgIpc) is 2.40. The summed E-state index contributed by atoms with van der Waals surface area (Å²) in [5.41, 5.74) is 7.40. The minimum absolute atomic E-state index is 0.0831. The molecule has 0 spiro atoms. The molecule has 3 N–H and O–H groups in total. The zero-order chi connectivity index (χ0) is 15.8. The normalized spacial score (nSPS) is 12.2. The summed E-state index contributed by atoms with van der Waals surface area (Å²) in [5.74, 6) is -0.0710. The maximum Gasteiger partial charge on any atom is 0.230 e. The number of carbonyl (C=O) groups is 2. The third-order valence-corrected chi connectivity index (χ3v) is 4.01. The number of primary amides is 1. The highest BCUT2D eigenvalue weighted by Gasteiger charge is 2.15. The third kappa shape index (κ3) is 6.64. The molecule has 0 fully saturated rings. The lowest BCUT2D eigenvalue weighted by Crippen LogP contribution is -2.35. The number of benzene rings is 1. The van der Waals surface area contributed by atoms with Crippen molar-refractivity contribution in [2.24, 2.45) is 5.73 Å². The number of rotatable bonds is 8. The van der Waals surface area contributed by atoms with E-state index in [2.05, 4.69) is 34.5 Å². The van der Waals surface area contributed by atoms with Gasteiger partial charge in [0.1, 0.15) is 0 Å². The molecular weight excluding hydrogens is 286 g/mol. The Hall–Kier alpha value is -1.53. The Morgan fingerprint density at radius 2 is 1.86 bits per heavy atom. The molecule has 1 aromatic carbocycles. The van der Waals surface area contributed by atoms with E-state index in [1.165, 1.54) is 17.3 Å². The van der Waals surface area contributed by atoms with Crippen molar-refractivity contribution in [3.05, 3.63) is 35.4 Å². The largest absolute Gasteiger partial charge is 0.369 e. The van der Waals surface area contributed by atoms with Crippen LogP contribution in [-0.4, -0.2) is 48.9 Å². The Balaban J connectivity index is 2.50. The van der Waals surface area contributed by atoms with E-state index in [4.69, 9.17) is 5.73 Å². The number of nitrogens with two attached hydrogens (primary N) is 1. The Kier molecular flexibility index (Phi) is 7.25. The number of nitrogens with zero attached hydrogens (tertiary/aromatic N) is 1. The molecule has 0 saturated carbocycles. The van der Waals surface area contributed by atoms with Gasteiger partial charge in [0.05, 0.1) is 17.5 Å². The summed E-state index contributed by atoms with van der Waals surface area (Å²) >= 11 is 1.23. The average molecular weight is 309 g/mol. The van der Waals surface area contributed by atoms with E-state index in [1.807, 2.05) is 21.0 Å². The van der Waals surface area contributed by atoms with Crippen LogP contribution in [0, 0.1) is 6.92 Å². The summed E-state index contributed by atoms with van der Waals surface area (Å²) in [6, 6.07) is 8.41. The maximum atomic E-state index is 11.7. The smallest absolute Gasteiger partial charge is 0.230 e. The molecule has 0 saturated heterocycles. The molecular formula is C15H23N3O2S. The number of carbonyl (C=O) groups excluding carboxylic acids is 2. The summed E-state index contributed by atoms with van der Waals surface area (Å²) in [4.78, 5) is 24.4. The van der Waals surface area contributed by atoms with Gasteiger partial charge < -0.3 is 16.0 Å². The molecule has 0 aliphatic heterocycles. The minimum atomic E-state index is -0.404. The predicted molar refractivity (Wildman–Crippen MR) is 87.1 cm³/mol. The van der Waals surface area contributed by atoms with Crippen molar-refractivity contribution in [3.63, 3.8) is 0 Å². The SMILES string of the molecule is Cc1ccc(C(CNC(=O)CSCC(N)=O)N(C)C)cc1. The van der Waals surface area contributed by atoms with Crippen LogP contribution in [0.3, 0.4) is 0 Å². The van der Waals surface area contributed by atoms with Crippen LogP contribution in [0.1, 0.15) is 17.2 Å². The zero-order valence-electron chi connectivity index (χ0n) is 12.8. The van der Waals surface area contributed by atoms with Crippen LogP contribution >= 0.6 is 11.8 Å². The van der Waals surface area contributed by atoms with Crippen LogP contribution in [0.4, 0.5) is 0 Å². The molecule has 5 nitrogen and oxygen atoms in total. The van der Waals surface area contributed by atoms with E-state index < -0.39 is 5.91 Å². The fourth-order valence-corrected chi connectivity index (χ4v) is 2.48. The van der Waals surface area contributed by atoms with Crippen molar-refractivity contribution in [2.45, 2.75) is 13.0 Å². The monoisotopic (exact) mass is 309 g/mol. The van der Waals surface area contributed by atoms with Gasteiger partial charge in [-0.05, 0) is 26.6 Å². The van der Waals surface area contributed by atoms with Crippen molar-refractivity contribution in [1.82, 2.24) is 10.2 Å². The number of hydrogen-bond donors (Lipinski definition) is 2. The van der Waals surface area contributed by atoms with Gasteiger partial charge in [0.2, 0.25) is 11.8 Å². The van der Waals surface area contributed by atoms with Crippen molar-refractivity contribution < 1.29 is 9.59 Å². The van der Waals surface area contributed by atoms with Crippen LogP contribution in [0.25, 0.3) is 0 Å². The standard InChI is InChI=1S/C15H23N3O2S/c1-11-4-6-12(7-5-11)13(18(2)3)8-17-15(20)10-21-9-14(16)19/h4-7,13H,8-10H2,1-3H3,(H2,16,19)(H,17,20). The first-order chi connectivity index (χ1) is 9.90. The van der Waals surface area contributed by atoms with Crippen LogP contribution in [-0.2, 0) is 9.59 Å². The molecule has 1 rings (SSSR count). The van der Waals surface area contributed by atoms with E-state index in [-0.39, 0.29) is 23.5 Å². The first kappa shape index (κ1) is 17.5. The fourth-order valence-electron chi connectivity index (χ4n) is 1.89. The molecule has 1 atom stereocenters. The van der Waals surface area contributed by atoms with Gasteiger partial charge in [-0.15, -0.1) is 11.8 Å². The van der Waals surface area contributed by atoms with E-state index >= 15 is 0 Å². The third-order valence-electron chi connectivity index (χ3n) is 3.06. The highest BCUT2D eigenvalue weighted by atomic mass is 32.2. The quantitative estimate of drug-likeness (QED) is 0.749. The molecule has 1 aromatic rings. The number of nitrogens with one attached hydrogen (secondary N) is 1. The maximum absolute atomic E-state index is 11.7. The molecule has 0 bridgehead atoms. The van der Waals surface area contributed by atoms with Gasteiger partial charge >= 0.3 is 0 Å². The molecule has 21 heavy (non-hydrogen) atoms. The second-order valence-electron chi connectivity index (χ2n) is 5.15. The van der Waals surface area contributed by atoms with Gasteiger partial charge in [0.25, 0.3) is 0 Å². The highest BCUT2D eigenvalue weighted by Crippen LogP contribution is 2.17. The zero-order valence-corrected chi connectivity index (χ0v) is 13.6. The Morgan fingerprint density at radius 3 is 2.38 bits per heavy atom. The molecule has 0 radical (unpaired) electrons. The van der Waals surface area contributed by atoms with Gasteiger partial charge in [-0.3, -0.25) is 9.59 Å². The van der Waals surface area contributed by atoms with Crippen LogP contribution < -0.4 is 11.1 Å². The van der Waals surface area contributed by atoms with Crippen LogP contribution in [0.5, 0.6) is 0 Å². The Bertz CT molecular complexity index is 474. The molecule has 0 aromatic heterocycles. The Labute approximate surface area is 130 Å². The summed E-state index contributed by atoms with van der Waals surface area (Å²) in [6.07, 6.45) is 0. The van der Waals surface area contributed by atoms with E-state index in [9.17, 15) is 9.59 Å². The second kappa shape index (κ2) is 8.69. The number of amides is 2. The molecule has 0 heterocycles. The summed E-state index contributed by atoms with van der Waals surface area (Å²) in [7, 11) is 3.97.